The fourth-order valence-corrected chi connectivity index (χ4v) is 4.55. The lowest BCUT2D eigenvalue weighted by Gasteiger charge is -2.19. The summed E-state index contributed by atoms with van der Waals surface area (Å²) in [5, 5.41) is 9.27. The number of alkyl halides is 2. The molecule has 1 rings (SSSR count). The summed E-state index contributed by atoms with van der Waals surface area (Å²) in [7, 11) is -16.7. The van der Waals surface area contributed by atoms with E-state index in [-0.39, 0.29) is 0 Å². The van der Waals surface area contributed by atoms with E-state index < -0.39 is 54.3 Å². The number of halogens is 2. The van der Waals surface area contributed by atoms with E-state index in [0.717, 1.165) is 6.92 Å². The number of hydrogen-bond donors (Lipinski definition) is 5. The topological polar surface area (TPSA) is 189 Å². The van der Waals surface area contributed by atoms with Crippen LogP contribution in [0.2, 0.25) is 0 Å². The molecule has 1 aliphatic heterocycles. The molecule has 1 heterocycles. The second-order valence-corrected chi connectivity index (χ2v) is 8.74. The molecule has 17 heteroatoms. The van der Waals surface area contributed by atoms with Gasteiger partial charge in [0.2, 0.25) is 0 Å². The third kappa shape index (κ3) is 6.20. The van der Waals surface area contributed by atoms with Crippen molar-refractivity contribution in [3.8, 4) is 0 Å². The Hall–Kier alpha value is 0.190. The Morgan fingerprint density at radius 3 is 2.00 bits per heavy atom. The fraction of sp³-hybridized carbons (Fsp3) is 1.00. The summed E-state index contributed by atoms with van der Waals surface area (Å²) in [4.78, 5) is 34.6. The molecule has 23 heavy (non-hydrogen) atoms. The Morgan fingerprint density at radius 2 is 1.61 bits per heavy atom. The zero-order valence-corrected chi connectivity index (χ0v) is 13.8. The van der Waals surface area contributed by atoms with Crippen molar-refractivity contribution in [3.05, 3.63) is 0 Å². The van der Waals surface area contributed by atoms with Gasteiger partial charge in [0.15, 0.2) is 0 Å². The standard InChI is InChI=1S/C6H13F2O12P3/c1-3-6(7,8)5(9)4(18-3)2-17-22(13,14)20-23(15,16)19-21(10,11)12/h3-5,9H,2H2,1H3,(H,13,14)(H,15,16)(H2,10,11,12)/t3-,4+,5?/m0/s1. The molecule has 1 saturated heterocycles. The van der Waals surface area contributed by atoms with Crippen molar-refractivity contribution < 1.29 is 65.0 Å². The summed E-state index contributed by atoms with van der Waals surface area (Å²) < 4.78 is 74.8. The van der Waals surface area contributed by atoms with Gasteiger partial charge in [-0.15, -0.1) is 0 Å². The van der Waals surface area contributed by atoms with Gasteiger partial charge in [0.25, 0.3) is 0 Å². The van der Waals surface area contributed by atoms with Crippen LogP contribution in [-0.2, 0) is 31.6 Å². The molecule has 0 bridgehead atoms. The van der Waals surface area contributed by atoms with E-state index in [1.807, 2.05) is 0 Å². The predicted molar refractivity (Wildman–Crippen MR) is 65.1 cm³/mol. The molecule has 1 fully saturated rings. The lowest BCUT2D eigenvalue weighted by Crippen LogP contribution is -2.39. The van der Waals surface area contributed by atoms with E-state index in [4.69, 9.17) is 19.6 Å². The first-order chi connectivity index (χ1) is 10.1. The molecular weight excluding hydrogens is 395 g/mol. The van der Waals surface area contributed by atoms with E-state index >= 15 is 0 Å². The summed E-state index contributed by atoms with van der Waals surface area (Å²) in [6.07, 6.45) is -5.87. The average Bonchev–Trinajstić information content (AvgIpc) is 2.45. The van der Waals surface area contributed by atoms with Crippen molar-refractivity contribution in [2.75, 3.05) is 6.61 Å². The highest BCUT2D eigenvalue weighted by molar-refractivity contribution is 7.66. The Labute approximate surface area is 127 Å². The summed E-state index contributed by atoms with van der Waals surface area (Å²) >= 11 is 0. The van der Waals surface area contributed by atoms with E-state index in [0.29, 0.717) is 0 Å². The average molecular weight is 408 g/mol. The van der Waals surface area contributed by atoms with Crippen LogP contribution >= 0.6 is 23.5 Å². The summed E-state index contributed by atoms with van der Waals surface area (Å²) in [5.74, 6) is -3.66. The van der Waals surface area contributed by atoms with Gasteiger partial charge in [0, 0.05) is 0 Å². The SMILES string of the molecule is C[C@@H]1O[C@H](COP(=O)(O)OP(=O)(O)OP(=O)(O)O)C(O)C1(F)F. The van der Waals surface area contributed by atoms with Crippen molar-refractivity contribution in [1.82, 2.24) is 0 Å². The quantitative estimate of drug-likeness (QED) is 0.358. The van der Waals surface area contributed by atoms with Crippen molar-refractivity contribution in [2.24, 2.45) is 0 Å². The third-order valence-corrected chi connectivity index (χ3v) is 6.29. The Balaban J connectivity index is 2.65. The Kier molecular flexibility index (Phi) is 6.31. The fourth-order valence-electron chi connectivity index (χ4n) is 1.52. The van der Waals surface area contributed by atoms with Gasteiger partial charge in [-0.2, -0.15) is 8.62 Å². The highest BCUT2D eigenvalue weighted by Gasteiger charge is 2.56. The molecule has 1 aliphatic rings. The molecule has 0 aromatic heterocycles. The maximum atomic E-state index is 13.3. The smallest absolute Gasteiger partial charge is 0.384 e. The second kappa shape index (κ2) is 6.83. The molecule has 0 aromatic carbocycles. The monoisotopic (exact) mass is 408 g/mol. The number of hydrogen-bond acceptors (Lipinski definition) is 8. The minimum atomic E-state index is -5.70. The maximum absolute atomic E-state index is 13.3. The Bertz CT molecular complexity index is 575. The highest BCUT2D eigenvalue weighted by atomic mass is 31.3. The Morgan fingerprint density at radius 1 is 1.09 bits per heavy atom. The minimum Gasteiger partial charge on any atom is -0.384 e. The van der Waals surface area contributed by atoms with Crippen LogP contribution in [0.3, 0.4) is 0 Å². The number of aliphatic hydroxyl groups is 1. The van der Waals surface area contributed by atoms with Crippen LogP contribution in [0.15, 0.2) is 0 Å². The van der Waals surface area contributed by atoms with E-state index in [2.05, 4.69) is 17.9 Å². The van der Waals surface area contributed by atoms with Gasteiger partial charge >= 0.3 is 29.4 Å². The van der Waals surface area contributed by atoms with Crippen LogP contribution in [0.25, 0.3) is 0 Å². The molecule has 138 valence electrons. The first kappa shape index (κ1) is 21.2. The molecule has 0 aromatic rings. The van der Waals surface area contributed by atoms with Gasteiger partial charge < -0.3 is 29.4 Å². The first-order valence-corrected chi connectivity index (χ1v) is 10.1. The molecule has 5 atom stereocenters. The number of phosphoric acid groups is 3. The van der Waals surface area contributed by atoms with Crippen molar-refractivity contribution in [1.29, 1.82) is 0 Å². The molecule has 5 N–H and O–H groups in total. The zero-order valence-electron chi connectivity index (χ0n) is 11.1. The number of phosphoric ester groups is 1. The van der Waals surface area contributed by atoms with Crippen LogP contribution in [0, 0.1) is 0 Å². The number of ether oxygens (including phenoxy) is 1. The molecular formula is C6H13F2O12P3. The maximum Gasteiger partial charge on any atom is 0.490 e. The normalized spacial score (nSPS) is 33.1. The van der Waals surface area contributed by atoms with Gasteiger partial charge in [-0.05, 0) is 6.92 Å². The van der Waals surface area contributed by atoms with Crippen molar-refractivity contribution in [3.63, 3.8) is 0 Å². The first-order valence-electron chi connectivity index (χ1n) is 5.55. The lowest BCUT2D eigenvalue weighted by molar-refractivity contribution is -0.106. The van der Waals surface area contributed by atoms with E-state index in [9.17, 15) is 27.6 Å². The zero-order chi connectivity index (χ0) is 18.3. The second-order valence-electron chi connectivity index (χ2n) is 4.32. The van der Waals surface area contributed by atoms with Gasteiger partial charge in [0.1, 0.15) is 18.3 Å². The minimum absolute atomic E-state index is 0.925. The molecule has 0 saturated carbocycles. The van der Waals surface area contributed by atoms with Crippen LogP contribution in [0.5, 0.6) is 0 Å². The van der Waals surface area contributed by atoms with Crippen LogP contribution in [0.4, 0.5) is 8.78 Å². The summed E-state index contributed by atoms with van der Waals surface area (Å²) in [6.45, 7) is -0.223. The van der Waals surface area contributed by atoms with Crippen LogP contribution in [0.1, 0.15) is 6.92 Å². The highest BCUT2D eigenvalue weighted by Crippen LogP contribution is 2.66. The summed E-state index contributed by atoms with van der Waals surface area (Å²) in [6, 6.07) is 0. The lowest BCUT2D eigenvalue weighted by atomic mass is 10.1. The van der Waals surface area contributed by atoms with Crippen LogP contribution in [-0.4, -0.2) is 55.5 Å². The molecule has 0 amide bonds. The molecule has 0 spiro atoms. The van der Waals surface area contributed by atoms with E-state index in [1.54, 1.807) is 0 Å². The van der Waals surface area contributed by atoms with Crippen LogP contribution < -0.4 is 0 Å². The van der Waals surface area contributed by atoms with E-state index in [1.165, 1.54) is 0 Å². The largest absolute Gasteiger partial charge is 0.490 e. The van der Waals surface area contributed by atoms with Gasteiger partial charge in [-0.3, -0.25) is 4.52 Å². The molecule has 0 aliphatic carbocycles. The molecule has 0 radical (unpaired) electrons. The van der Waals surface area contributed by atoms with Crippen molar-refractivity contribution >= 4 is 23.5 Å². The molecule has 12 nitrogen and oxygen atoms in total. The van der Waals surface area contributed by atoms with Gasteiger partial charge in [-0.1, -0.05) is 0 Å². The summed E-state index contributed by atoms with van der Waals surface area (Å²) in [5.41, 5.74) is 0. The van der Waals surface area contributed by atoms with Gasteiger partial charge in [0.05, 0.1) is 6.61 Å². The third-order valence-electron chi connectivity index (χ3n) is 2.49. The van der Waals surface area contributed by atoms with Gasteiger partial charge in [-0.25, -0.2) is 22.5 Å². The number of aliphatic hydroxyl groups excluding tert-OH is 1. The van der Waals surface area contributed by atoms with Crippen molar-refractivity contribution in [2.45, 2.75) is 31.2 Å². The predicted octanol–water partition coefficient (Wildman–Crippen LogP) is 0.113. The number of rotatable bonds is 7. The molecule has 3 unspecified atom stereocenters.